The summed E-state index contributed by atoms with van der Waals surface area (Å²) >= 11 is 0. The summed E-state index contributed by atoms with van der Waals surface area (Å²) in [6.45, 7) is 0.360. The van der Waals surface area contributed by atoms with Crippen molar-refractivity contribution in [2.45, 2.75) is 6.61 Å². The third-order valence-corrected chi connectivity index (χ3v) is 3.86. The van der Waals surface area contributed by atoms with Crippen molar-refractivity contribution >= 4 is 23.8 Å². The van der Waals surface area contributed by atoms with Crippen LogP contribution in [0.25, 0.3) is 6.08 Å². The largest absolute Gasteiger partial charge is 0.489 e. The van der Waals surface area contributed by atoms with Crippen molar-refractivity contribution in [3.63, 3.8) is 0 Å². The van der Waals surface area contributed by atoms with Crippen LogP contribution in [0, 0.1) is 10.1 Å². The number of furan rings is 1. The lowest BCUT2D eigenvalue weighted by Crippen LogP contribution is -2.40. The fraction of sp³-hybridized carbons (Fsp3) is 0.0476. The van der Waals surface area contributed by atoms with Crippen LogP contribution >= 0.6 is 0 Å². The Labute approximate surface area is 171 Å². The van der Waals surface area contributed by atoms with Crippen molar-refractivity contribution in [2.75, 3.05) is 0 Å². The van der Waals surface area contributed by atoms with E-state index in [0.717, 1.165) is 17.4 Å². The van der Waals surface area contributed by atoms with Gasteiger partial charge in [-0.3, -0.25) is 30.6 Å². The van der Waals surface area contributed by atoms with Crippen LogP contribution in [0.2, 0.25) is 0 Å². The zero-order chi connectivity index (χ0) is 21.3. The molecule has 0 atom stereocenters. The lowest BCUT2D eigenvalue weighted by Gasteiger charge is -2.08. The van der Waals surface area contributed by atoms with Gasteiger partial charge >= 0.3 is 5.88 Å². The Bertz CT molecular complexity index is 1060. The van der Waals surface area contributed by atoms with E-state index in [1.165, 1.54) is 18.2 Å². The van der Waals surface area contributed by atoms with E-state index < -0.39 is 22.6 Å². The van der Waals surface area contributed by atoms with Crippen molar-refractivity contribution in [3.05, 3.63) is 99.8 Å². The van der Waals surface area contributed by atoms with Gasteiger partial charge in [0.2, 0.25) is 0 Å². The number of nitro groups is 1. The molecule has 0 spiro atoms. The molecule has 0 aliphatic rings. The van der Waals surface area contributed by atoms with Crippen LogP contribution in [0.4, 0.5) is 5.88 Å². The van der Waals surface area contributed by atoms with E-state index in [9.17, 15) is 19.7 Å². The number of carbonyl (C=O) groups is 2. The molecule has 0 aliphatic heterocycles. The molecule has 9 nitrogen and oxygen atoms in total. The Kier molecular flexibility index (Phi) is 6.57. The van der Waals surface area contributed by atoms with Crippen molar-refractivity contribution in [1.82, 2.24) is 10.9 Å². The zero-order valence-electron chi connectivity index (χ0n) is 15.6. The molecule has 3 aromatic rings. The molecule has 9 heteroatoms. The maximum absolute atomic E-state index is 12.1. The van der Waals surface area contributed by atoms with Gasteiger partial charge in [-0.05, 0) is 42.0 Å². The summed E-state index contributed by atoms with van der Waals surface area (Å²) in [7, 11) is 0. The number of carbonyl (C=O) groups excluding carboxylic acids is 2. The summed E-state index contributed by atoms with van der Waals surface area (Å²) < 4.78 is 10.5. The molecule has 0 aliphatic carbocycles. The molecule has 2 amide bonds. The minimum atomic E-state index is -0.684. The van der Waals surface area contributed by atoms with E-state index in [1.807, 2.05) is 30.3 Å². The van der Waals surface area contributed by atoms with E-state index in [4.69, 9.17) is 9.15 Å². The number of rotatable bonds is 7. The molecule has 0 saturated heterocycles. The maximum Gasteiger partial charge on any atom is 0.433 e. The van der Waals surface area contributed by atoms with Gasteiger partial charge in [0.05, 0.1) is 6.07 Å². The number of nitrogens with one attached hydrogen (secondary N) is 2. The van der Waals surface area contributed by atoms with E-state index >= 15 is 0 Å². The first-order valence-corrected chi connectivity index (χ1v) is 8.81. The molecule has 1 aromatic heterocycles. The summed E-state index contributed by atoms with van der Waals surface area (Å²) in [5.74, 6) is -0.673. The second-order valence-corrected chi connectivity index (χ2v) is 6.01. The molecular weight excluding hydrogens is 390 g/mol. The molecule has 0 radical (unpaired) electrons. The fourth-order valence-corrected chi connectivity index (χ4v) is 2.36. The molecule has 2 N–H and O–H groups in total. The van der Waals surface area contributed by atoms with E-state index in [1.54, 1.807) is 24.3 Å². The first-order valence-electron chi connectivity index (χ1n) is 8.81. The molecule has 1 heterocycles. The lowest BCUT2D eigenvalue weighted by molar-refractivity contribution is -0.402. The smallest absolute Gasteiger partial charge is 0.433 e. The first kappa shape index (κ1) is 20.3. The first-order chi connectivity index (χ1) is 14.5. The van der Waals surface area contributed by atoms with Gasteiger partial charge in [-0.15, -0.1) is 0 Å². The van der Waals surface area contributed by atoms with Gasteiger partial charge < -0.3 is 9.15 Å². The third-order valence-electron chi connectivity index (χ3n) is 3.86. The predicted molar refractivity (Wildman–Crippen MR) is 107 cm³/mol. The van der Waals surface area contributed by atoms with E-state index in [0.29, 0.717) is 12.2 Å². The summed E-state index contributed by atoms with van der Waals surface area (Å²) in [6, 6.07) is 18.6. The number of benzene rings is 2. The summed E-state index contributed by atoms with van der Waals surface area (Å²) in [5.41, 5.74) is 5.73. The van der Waals surface area contributed by atoms with Crippen LogP contribution in [0.15, 0.2) is 77.2 Å². The molecule has 2 aromatic carbocycles. The van der Waals surface area contributed by atoms with Gasteiger partial charge in [-0.25, -0.2) is 0 Å². The molecule has 0 saturated carbocycles. The molecule has 3 rings (SSSR count). The number of hydrogen-bond donors (Lipinski definition) is 2. The van der Waals surface area contributed by atoms with Crippen LogP contribution in [-0.2, 0) is 11.4 Å². The normalized spacial score (nSPS) is 10.5. The average molecular weight is 407 g/mol. The van der Waals surface area contributed by atoms with Gasteiger partial charge in [0, 0.05) is 11.6 Å². The molecule has 0 fully saturated rings. The van der Waals surface area contributed by atoms with Gasteiger partial charge in [-0.2, -0.15) is 0 Å². The minimum Gasteiger partial charge on any atom is -0.489 e. The Morgan fingerprint density at radius 2 is 1.73 bits per heavy atom. The topological polar surface area (TPSA) is 124 Å². The van der Waals surface area contributed by atoms with Crippen LogP contribution in [0.1, 0.15) is 21.7 Å². The molecule has 30 heavy (non-hydrogen) atoms. The number of nitrogens with zero attached hydrogens (tertiary/aromatic N) is 1. The van der Waals surface area contributed by atoms with Crippen molar-refractivity contribution in [3.8, 4) is 5.75 Å². The highest BCUT2D eigenvalue weighted by Gasteiger charge is 2.10. The highest BCUT2D eigenvalue weighted by Crippen LogP contribution is 2.16. The van der Waals surface area contributed by atoms with Crippen LogP contribution in [0.5, 0.6) is 5.75 Å². The molecule has 0 unspecified atom stereocenters. The second kappa shape index (κ2) is 9.69. The molecule has 0 bridgehead atoms. The average Bonchev–Trinajstić information content (AvgIpc) is 3.25. The monoisotopic (exact) mass is 407 g/mol. The fourth-order valence-electron chi connectivity index (χ4n) is 2.36. The maximum atomic E-state index is 12.1. The SMILES string of the molecule is O=C(/C=C/c1ccc([N+](=O)[O-])o1)NNC(=O)c1ccc(COc2ccccc2)cc1. The standard InChI is InChI=1S/C21H17N3O6/c25-19(12-10-18-11-13-20(30-18)24(27)28)22-23-21(26)16-8-6-15(7-9-16)14-29-17-4-2-1-3-5-17/h1-13H,14H2,(H,22,25)(H,23,26)/b12-10+. The Balaban J connectivity index is 1.46. The number of amides is 2. The zero-order valence-corrected chi connectivity index (χ0v) is 15.6. The number of para-hydroxylation sites is 1. The van der Waals surface area contributed by atoms with Gasteiger partial charge in [0.25, 0.3) is 11.8 Å². The lowest BCUT2D eigenvalue weighted by atomic mass is 10.1. The number of ether oxygens (including phenoxy) is 1. The Morgan fingerprint density at radius 1 is 1.00 bits per heavy atom. The van der Waals surface area contributed by atoms with Crippen molar-refractivity contribution < 1.29 is 23.7 Å². The minimum absolute atomic E-state index is 0.136. The van der Waals surface area contributed by atoms with Gasteiger partial charge in [0.15, 0.2) is 0 Å². The van der Waals surface area contributed by atoms with Crippen molar-refractivity contribution in [1.29, 1.82) is 0 Å². The van der Waals surface area contributed by atoms with Crippen LogP contribution in [0.3, 0.4) is 0 Å². The van der Waals surface area contributed by atoms with Crippen LogP contribution < -0.4 is 15.6 Å². The number of hydrogen-bond acceptors (Lipinski definition) is 6. The van der Waals surface area contributed by atoms with E-state index in [-0.39, 0.29) is 5.76 Å². The summed E-state index contributed by atoms with van der Waals surface area (Å²) in [5, 5.41) is 10.5. The second-order valence-electron chi connectivity index (χ2n) is 6.01. The van der Waals surface area contributed by atoms with Crippen LogP contribution in [-0.4, -0.2) is 16.7 Å². The predicted octanol–water partition coefficient (Wildman–Crippen LogP) is 3.24. The molecular formula is C21H17N3O6. The molecule has 152 valence electrons. The summed E-state index contributed by atoms with van der Waals surface area (Å²) in [4.78, 5) is 33.7. The van der Waals surface area contributed by atoms with Crippen molar-refractivity contribution in [2.24, 2.45) is 0 Å². The number of hydrazine groups is 1. The quantitative estimate of drug-likeness (QED) is 0.352. The van der Waals surface area contributed by atoms with Gasteiger partial charge in [-0.1, -0.05) is 30.3 Å². The highest BCUT2D eigenvalue weighted by atomic mass is 16.6. The Hall–Kier alpha value is -4.40. The Morgan fingerprint density at radius 3 is 2.40 bits per heavy atom. The van der Waals surface area contributed by atoms with E-state index in [2.05, 4.69) is 10.9 Å². The third kappa shape index (κ3) is 5.80. The highest BCUT2D eigenvalue weighted by molar-refractivity contribution is 5.97. The summed E-state index contributed by atoms with van der Waals surface area (Å²) in [6.07, 6.45) is 2.32. The van der Waals surface area contributed by atoms with Gasteiger partial charge in [0.1, 0.15) is 23.0 Å².